The standard InChI is InChI=1S/C10H12N2O2S/c1-10(13-2,14-3)8-5-4-7(6-11)9(15)12-8/h4-5H,1-3H3,(H,12,15). The second-order valence-electron chi connectivity index (χ2n) is 3.08. The number of pyridine rings is 1. The third-order valence-electron chi connectivity index (χ3n) is 2.30. The number of aromatic amines is 1. The maximum Gasteiger partial charge on any atom is 0.206 e. The highest BCUT2D eigenvalue weighted by molar-refractivity contribution is 7.71. The molecule has 15 heavy (non-hydrogen) atoms. The van der Waals surface area contributed by atoms with E-state index in [0.29, 0.717) is 15.9 Å². The Balaban J connectivity index is 3.25. The largest absolute Gasteiger partial charge is 0.348 e. The molecule has 0 unspecified atom stereocenters. The Morgan fingerprint density at radius 3 is 2.40 bits per heavy atom. The number of rotatable bonds is 3. The highest BCUT2D eigenvalue weighted by Crippen LogP contribution is 2.23. The first kappa shape index (κ1) is 11.9. The van der Waals surface area contributed by atoms with E-state index in [2.05, 4.69) is 4.98 Å². The molecule has 0 saturated carbocycles. The van der Waals surface area contributed by atoms with Crippen LogP contribution in [0.3, 0.4) is 0 Å². The molecule has 0 saturated heterocycles. The number of hydrogen-bond donors (Lipinski definition) is 1. The van der Waals surface area contributed by atoms with E-state index < -0.39 is 5.79 Å². The summed E-state index contributed by atoms with van der Waals surface area (Å²) >= 11 is 5.01. The lowest BCUT2D eigenvalue weighted by molar-refractivity contribution is -0.204. The van der Waals surface area contributed by atoms with Crippen molar-refractivity contribution in [2.45, 2.75) is 12.7 Å². The van der Waals surface area contributed by atoms with E-state index in [1.165, 1.54) is 0 Å². The number of nitrogens with one attached hydrogen (secondary N) is 1. The highest BCUT2D eigenvalue weighted by atomic mass is 32.1. The molecule has 0 aliphatic carbocycles. The summed E-state index contributed by atoms with van der Waals surface area (Å²) < 4.78 is 10.8. The van der Waals surface area contributed by atoms with Gasteiger partial charge in [-0.05, 0) is 19.1 Å². The Hall–Kier alpha value is -1.22. The molecular weight excluding hydrogens is 212 g/mol. The van der Waals surface area contributed by atoms with Crippen molar-refractivity contribution in [3.05, 3.63) is 28.0 Å². The van der Waals surface area contributed by atoms with Crippen molar-refractivity contribution < 1.29 is 9.47 Å². The summed E-state index contributed by atoms with van der Waals surface area (Å²) in [4.78, 5) is 2.91. The topological polar surface area (TPSA) is 58.0 Å². The smallest absolute Gasteiger partial charge is 0.206 e. The van der Waals surface area contributed by atoms with Crippen molar-refractivity contribution in [2.24, 2.45) is 0 Å². The van der Waals surface area contributed by atoms with Crippen molar-refractivity contribution in [3.63, 3.8) is 0 Å². The van der Waals surface area contributed by atoms with Crippen LogP contribution in [0.2, 0.25) is 0 Å². The van der Waals surface area contributed by atoms with Crippen LogP contribution >= 0.6 is 12.2 Å². The molecule has 1 rings (SSSR count). The highest BCUT2D eigenvalue weighted by Gasteiger charge is 2.26. The molecule has 1 heterocycles. The number of ether oxygens (including phenoxy) is 2. The zero-order valence-corrected chi connectivity index (χ0v) is 9.64. The first-order valence-electron chi connectivity index (χ1n) is 4.31. The lowest BCUT2D eigenvalue weighted by atomic mass is 10.2. The van der Waals surface area contributed by atoms with Crippen LogP contribution in [0.25, 0.3) is 0 Å². The molecule has 1 aromatic rings. The lowest BCUT2D eigenvalue weighted by Crippen LogP contribution is -2.27. The molecule has 5 heteroatoms. The second-order valence-corrected chi connectivity index (χ2v) is 3.49. The third kappa shape index (κ3) is 2.23. The minimum absolute atomic E-state index is 0.385. The lowest BCUT2D eigenvalue weighted by Gasteiger charge is -2.26. The summed E-state index contributed by atoms with van der Waals surface area (Å²) in [7, 11) is 3.08. The Morgan fingerprint density at radius 1 is 1.40 bits per heavy atom. The van der Waals surface area contributed by atoms with Crippen LogP contribution in [-0.2, 0) is 15.3 Å². The van der Waals surface area contributed by atoms with E-state index in [0.717, 1.165) is 0 Å². The van der Waals surface area contributed by atoms with Crippen LogP contribution in [0.15, 0.2) is 12.1 Å². The molecule has 0 atom stereocenters. The van der Waals surface area contributed by atoms with Gasteiger partial charge in [0, 0.05) is 14.2 Å². The molecule has 4 nitrogen and oxygen atoms in total. The molecule has 1 aromatic heterocycles. The van der Waals surface area contributed by atoms with Gasteiger partial charge in [0.05, 0.1) is 11.3 Å². The van der Waals surface area contributed by atoms with E-state index in [-0.39, 0.29) is 0 Å². The Morgan fingerprint density at radius 2 is 2.00 bits per heavy atom. The van der Waals surface area contributed by atoms with E-state index >= 15 is 0 Å². The van der Waals surface area contributed by atoms with Crippen molar-refractivity contribution in [1.29, 1.82) is 5.26 Å². The quantitative estimate of drug-likeness (QED) is 0.631. The fourth-order valence-corrected chi connectivity index (χ4v) is 1.35. The summed E-state index contributed by atoms with van der Waals surface area (Å²) in [6, 6.07) is 5.36. The van der Waals surface area contributed by atoms with Gasteiger partial charge >= 0.3 is 0 Å². The normalized spacial score (nSPS) is 11.1. The van der Waals surface area contributed by atoms with Crippen molar-refractivity contribution in [1.82, 2.24) is 4.98 Å². The SMILES string of the molecule is COC(C)(OC)c1ccc(C#N)c(=S)[nH]1. The van der Waals surface area contributed by atoms with Gasteiger partial charge in [-0.3, -0.25) is 0 Å². The molecule has 1 N–H and O–H groups in total. The van der Waals surface area contributed by atoms with E-state index in [1.54, 1.807) is 33.3 Å². The number of nitrogens with zero attached hydrogens (tertiary/aromatic N) is 1. The summed E-state index contributed by atoms with van der Waals surface area (Å²) in [5.41, 5.74) is 1.11. The van der Waals surface area contributed by atoms with E-state index in [9.17, 15) is 0 Å². The molecule has 0 radical (unpaired) electrons. The maximum absolute atomic E-state index is 8.73. The molecule has 0 aliphatic heterocycles. The van der Waals surface area contributed by atoms with Gasteiger partial charge in [0.2, 0.25) is 5.79 Å². The second kappa shape index (κ2) is 4.53. The van der Waals surface area contributed by atoms with Crippen LogP contribution < -0.4 is 0 Å². The molecule has 0 fully saturated rings. The van der Waals surface area contributed by atoms with Gasteiger partial charge in [-0.2, -0.15) is 5.26 Å². The van der Waals surface area contributed by atoms with Gasteiger partial charge < -0.3 is 14.5 Å². The van der Waals surface area contributed by atoms with Gasteiger partial charge in [0.25, 0.3) is 0 Å². The Labute approximate surface area is 93.5 Å². The van der Waals surface area contributed by atoms with Gasteiger partial charge in [0.15, 0.2) is 0 Å². The van der Waals surface area contributed by atoms with Gasteiger partial charge in [-0.25, -0.2) is 0 Å². The summed E-state index contributed by atoms with van der Waals surface area (Å²) in [6.45, 7) is 1.76. The van der Waals surface area contributed by atoms with Crippen LogP contribution in [0.5, 0.6) is 0 Å². The molecular formula is C10H12N2O2S. The minimum atomic E-state index is -0.873. The summed E-state index contributed by atoms with van der Waals surface area (Å²) in [5, 5.41) is 8.73. The number of nitriles is 1. The zero-order chi connectivity index (χ0) is 11.5. The average Bonchev–Trinajstić information content (AvgIpc) is 2.28. The number of aromatic nitrogens is 1. The van der Waals surface area contributed by atoms with Gasteiger partial charge in [-0.15, -0.1) is 0 Å². The van der Waals surface area contributed by atoms with Crippen molar-refractivity contribution >= 4 is 12.2 Å². The van der Waals surface area contributed by atoms with Crippen LogP contribution in [0.1, 0.15) is 18.2 Å². The Bertz CT molecular complexity index is 443. The minimum Gasteiger partial charge on any atom is -0.348 e. The molecule has 0 spiro atoms. The molecule has 0 bridgehead atoms. The number of H-pyrrole nitrogens is 1. The van der Waals surface area contributed by atoms with Crippen molar-refractivity contribution in [3.8, 4) is 6.07 Å². The third-order valence-corrected chi connectivity index (χ3v) is 2.62. The first-order chi connectivity index (χ1) is 7.07. The van der Waals surface area contributed by atoms with Gasteiger partial charge in [-0.1, -0.05) is 12.2 Å². The predicted octanol–water partition coefficient (Wildman–Crippen LogP) is 2.08. The fourth-order valence-electron chi connectivity index (χ4n) is 1.13. The molecule has 0 aromatic carbocycles. The summed E-state index contributed by atoms with van der Waals surface area (Å²) in [6.07, 6.45) is 0. The zero-order valence-electron chi connectivity index (χ0n) is 8.83. The molecule has 0 amide bonds. The number of methoxy groups -OCH3 is 2. The fraction of sp³-hybridized carbons (Fsp3) is 0.400. The number of hydrogen-bond acceptors (Lipinski definition) is 4. The van der Waals surface area contributed by atoms with E-state index in [4.69, 9.17) is 27.0 Å². The predicted molar refractivity (Wildman–Crippen MR) is 57.7 cm³/mol. The Kier molecular flexibility index (Phi) is 3.58. The van der Waals surface area contributed by atoms with E-state index in [1.807, 2.05) is 6.07 Å². The first-order valence-corrected chi connectivity index (χ1v) is 4.72. The van der Waals surface area contributed by atoms with Gasteiger partial charge in [0.1, 0.15) is 10.7 Å². The van der Waals surface area contributed by atoms with Crippen LogP contribution in [-0.4, -0.2) is 19.2 Å². The molecule has 80 valence electrons. The van der Waals surface area contributed by atoms with Crippen molar-refractivity contribution in [2.75, 3.05) is 14.2 Å². The maximum atomic E-state index is 8.73. The van der Waals surface area contributed by atoms with Crippen LogP contribution in [0.4, 0.5) is 0 Å². The average molecular weight is 224 g/mol. The van der Waals surface area contributed by atoms with Crippen LogP contribution in [0, 0.1) is 16.0 Å². The monoisotopic (exact) mass is 224 g/mol. The summed E-state index contributed by atoms with van der Waals surface area (Å²) in [5.74, 6) is -0.873. The molecule has 0 aliphatic rings.